The van der Waals surface area contributed by atoms with Crippen LogP contribution < -0.4 is 11.3 Å². The van der Waals surface area contributed by atoms with E-state index in [4.69, 9.17) is 5.84 Å². The van der Waals surface area contributed by atoms with Crippen molar-refractivity contribution in [1.82, 2.24) is 20.2 Å². The fraction of sp³-hybridized carbons (Fsp3) is 0.214. The van der Waals surface area contributed by atoms with Crippen LogP contribution in [0, 0.1) is 10.1 Å². The average Bonchev–Trinajstić information content (AvgIpc) is 2.94. The van der Waals surface area contributed by atoms with Crippen molar-refractivity contribution in [1.29, 1.82) is 0 Å². The van der Waals surface area contributed by atoms with Gasteiger partial charge in [-0.1, -0.05) is 23.9 Å². The van der Waals surface area contributed by atoms with Crippen LogP contribution in [0.4, 0.5) is 5.69 Å². The molecule has 0 unspecified atom stereocenters. The van der Waals surface area contributed by atoms with Gasteiger partial charge in [-0.25, -0.2) is 5.84 Å². The number of nitro groups is 1. The number of allylic oxidation sites excluding steroid dienone is 1. The lowest BCUT2D eigenvalue weighted by Crippen LogP contribution is -2.31. The largest absolute Gasteiger partial charge is 0.298 e. The molecule has 0 fully saturated rings. The van der Waals surface area contributed by atoms with E-state index in [1.54, 1.807) is 16.7 Å². The first-order chi connectivity index (χ1) is 11.4. The molecule has 1 amide bonds. The number of hydrogen-bond acceptors (Lipinski definition) is 7. The second-order valence-corrected chi connectivity index (χ2v) is 5.95. The maximum atomic E-state index is 11.3. The van der Waals surface area contributed by atoms with Gasteiger partial charge in [0.1, 0.15) is 0 Å². The van der Waals surface area contributed by atoms with E-state index >= 15 is 0 Å². The van der Waals surface area contributed by atoms with E-state index in [2.05, 4.69) is 22.2 Å². The number of nitrogens with two attached hydrogens (primary N) is 1. The molecule has 1 aromatic carbocycles. The standard InChI is InChI=1S/C14H16N6O3S/c1-9(2)7-19-13(10-3-5-11(6-4-10)20(22)23)17-18-14(19)24-8-12(21)16-15/h3-6H,1,7-8,15H2,2H3,(H,16,21). The van der Waals surface area contributed by atoms with E-state index in [0.29, 0.717) is 23.1 Å². The Morgan fingerprint density at radius 3 is 2.62 bits per heavy atom. The molecule has 0 saturated heterocycles. The number of carbonyl (C=O) groups is 1. The summed E-state index contributed by atoms with van der Waals surface area (Å²) < 4.78 is 1.80. The molecule has 1 heterocycles. The molecule has 126 valence electrons. The van der Waals surface area contributed by atoms with Crippen LogP contribution in [-0.2, 0) is 11.3 Å². The van der Waals surface area contributed by atoms with Crippen LogP contribution >= 0.6 is 11.8 Å². The Balaban J connectivity index is 2.34. The summed E-state index contributed by atoms with van der Waals surface area (Å²) in [5.41, 5.74) is 3.61. The summed E-state index contributed by atoms with van der Waals surface area (Å²) >= 11 is 1.19. The molecule has 0 saturated carbocycles. The van der Waals surface area contributed by atoms with E-state index in [1.807, 2.05) is 6.92 Å². The van der Waals surface area contributed by atoms with Gasteiger partial charge in [0.05, 0.1) is 10.7 Å². The molecule has 2 aromatic rings. The molecule has 9 nitrogen and oxygen atoms in total. The minimum atomic E-state index is -0.463. The molecular weight excluding hydrogens is 332 g/mol. The van der Waals surface area contributed by atoms with Gasteiger partial charge in [0.15, 0.2) is 11.0 Å². The van der Waals surface area contributed by atoms with Crippen LogP contribution in [0.25, 0.3) is 11.4 Å². The Hall–Kier alpha value is -2.72. The van der Waals surface area contributed by atoms with Crippen molar-refractivity contribution in [3.8, 4) is 11.4 Å². The highest BCUT2D eigenvalue weighted by atomic mass is 32.2. The average molecular weight is 348 g/mol. The third-order valence-electron chi connectivity index (χ3n) is 2.97. The number of nitro benzene ring substituents is 1. The van der Waals surface area contributed by atoms with Crippen molar-refractivity contribution < 1.29 is 9.72 Å². The van der Waals surface area contributed by atoms with E-state index in [9.17, 15) is 14.9 Å². The predicted octanol–water partition coefficient (Wildman–Crippen LogP) is 1.51. The van der Waals surface area contributed by atoms with Gasteiger partial charge < -0.3 is 0 Å². The lowest BCUT2D eigenvalue weighted by molar-refractivity contribution is -0.384. The van der Waals surface area contributed by atoms with Crippen molar-refractivity contribution >= 4 is 23.4 Å². The molecule has 0 spiro atoms. The molecule has 0 bridgehead atoms. The smallest absolute Gasteiger partial charge is 0.269 e. The molecule has 0 aliphatic heterocycles. The fourth-order valence-electron chi connectivity index (χ4n) is 1.93. The lowest BCUT2D eigenvalue weighted by Gasteiger charge is -2.09. The normalized spacial score (nSPS) is 10.4. The van der Waals surface area contributed by atoms with Crippen LogP contribution in [0.2, 0.25) is 0 Å². The van der Waals surface area contributed by atoms with Gasteiger partial charge in [-0.05, 0) is 19.1 Å². The summed E-state index contributed by atoms with van der Waals surface area (Å²) in [5.74, 6) is 5.38. The zero-order chi connectivity index (χ0) is 17.7. The Morgan fingerprint density at radius 2 is 2.08 bits per heavy atom. The first kappa shape index (κ1) is 17.6. The molecular formula is C14H16N6O3S. The van der Waals surface area contributed by atoms with Crippen molar-refractivity contribution in [3.05, 3.63) is 46.5 Å². The van der Waals surface area contributed by atoms with Gasteiger partial charge >= 0.3 is 0 Å². The number of benzene rings is 1. The number of amides is 1. The lowest BCUT2D eigenvalue weighted by atomic mass is 10.2. The number of aromatic nitrogens is 3. The number of hydrazine groups is 1. The van der Waals surface area contributed by atoms with Crippen LogP contribution in [0.1, 0.15) is 6.92 Å². The molecule has 24 heavy (non-hydrogen) atoms. The number of thioether (sulfide) groups is 1. The third-order valence-corrected chi connectivity index (χ3v) is 3.94. The van der Waals surface area contributed by atoms with Crippen molar-refractivity contribution in [2.24, 2.45) is 5.84 Å². The van der Waals surface area contributed by atoms with Crippen LogP contribution in [0.15, 0.2) is 41.6 Å². The third kappa shape index (κ3) is 4.18. The van der Waals surface area contributed by atoms with Crippen LogP contribution in [0.3, 0.4) is 0 Å². The Bertz CT molecular complexity index is 771. The first-order valence-electron chi connectivity index (χ1n) is 6.87. The maximum Gasteiger partial charge on any atom is 0.269 e. The summed E-state index contributed by atoms with van der Waals surface area (Å²) in [6.07, 6.45) is 0. The van der Waals surface area contributed by atoms with E-state index in [0.717, 1.165) is 5.57 Å². The number of non-ortho nitro benzene ring substituents is 1. The Labute approximate surface area is 142 Å². The van der Waals surface area contributed by atoms with E-state index < -0.39 is 4.92 Å². The minimum Gasteiger partial charge on any atom is -0.298 e. The maximum absolute atomic E-state index is 11.3. The van der Waals surface area contributed by atoms with Gasteiger partial charge in [-0.15, -0.1) is 10.2 Å². The number of carbonyl (C=O) groups excluding carboxylic acids is 1. The Morgan fingerprint density at radius 1 is 1.42 bits per heavy atom. The summed E-state index contributed by atoms with van der Waals surface area (Å²) in [6, 6.07) is 6.03. The van der Waals surface area contributed by atoms with E-state index in [1.165, 1.54) is 23.9 Å². The summed E-state index contributed by atoms with van der Waals surface area (Å²) in [5, 5.41) is 19.5. The highest BCUT2D eigenvalue weighted by Gasteiger charge is 2.16. The van der Waals surface area contributed by atoms with Gasteiger partial charge in [0, 0.05) is 24.2 Å². The van der Waals surface area contributed by atoms with Gasteiger partial charge in [-0.3, -0.25) is 24.9 Å². The van der Waals surface area contributed by atoms with Gasteiger partial charge in [0.2, 0.25) is 5.91 Å². The Kier molecular flexibility index (Phi) is 5.66. The van der Waals surface area contributed by atoms with E-state index in [-0.39, 0.29) is 17.3 Å². The molecule has 0 aliphatic rings. The number of hydrogen-bond donors (Lipinski definition) is 2. The minimum absolute atomic E-state index is 0.000989. The topological polar surface area (TPSA) is 129 Å². The fourth-order valence-corrected chi connectivity index (χ4v) is 2.67. The molecule has 0 aliphatic carbocycles. The van der Waals surface area contributed by atoms with Crippen LogP contribution in [-0.4, -0.2) is 31.3 Å². The quantitative estimate of drug-likeness (QED) is 0.194. The molecule has 3 N–H and O–H groups in total. The van der Waals surface area contributed by atoms with Gasteiger partial charge in [0.25, 0.3) is 5.69 Å². The molecule has 0 radical (unpaired) electrons. The number of rotatable bonds is 7. The summed E-state index contributed by atoms with van der Waals surface area (Å²) in [6.45, 7) is 6.21. The molecule has 1 aromatic heterocycles. The first-order valence-corrected chi connectivity index (χ1v) is 7.85. The molecule has 10 heteroatoms. The monoisotopic (exact) mass is 348 g/mol. The highest BCUT2D eigenvalue weighted by molar-refractivity contribution is 7.99. The molecule has 2 rings (SSSR count). The molecule has 0 atom stereocenters. The zero-order valence-electron chi connectivity index (χ0n) is 12.9. The zero-order valence-corrected chi connectivity index (χ0v) is 13.7. The number of nitrogens with zero attached hydrogens (tertiary/aromatic N) is 4. The second-order valence-electron chi connectivity index (χ2n) is 5.01. The van der Waals surface area contributed by atoms with Crippen molar-refractivity contribution in [3.63, 3.8) is 0 Å². The van der Waals surface area contributed by atoms with Gasteiger partial charge in [-0.2, -0.15) is 0 Å². The second kappa shape index (κ2) is 7.70. The summed E-state index contributed by atoms with van der Waals surface area (Å²) in [4.78, 5) is 21.6. The van der Waals surface area contributed by atoms with Crippen molar-refractivity contribution in [2.45, 2.75) is 18.6 Å². The van der Waals surface area contributed by atoms with Crippen LogP contribution in [0.5, 0.6) is 0 Å². The number of nitrogens with one attached hydrogen (secondary N) is 1. The SMILES string of the molecule is C=C(C)Cn1c(SCC(=O)NN)nnc1-c1ccc([N+](=O)[O-])cc1. The highest BCUT2D eigenvalue weighted by Crippen LogP contribution is 2.26. The van der Waals surface area contributed by atoms with Crippen molar-refractivity contribution in [2.75, 3.05) is 5.75 Å². The summed E-state index contributed by atoms with van der Waals surface area (Å²) in [7, 11) is 0. The predicted molar refractivity (Wildman–Crippen MR) is 90.0 cm³/mol.